The third-order valence-electron chi connectivity index (χ3n) is 4.24. The summed E-state index contributed by atoms with van der Waals surface area (Å²) in [5, 5.41) is 9.02. The van der Waals surface area contributed by atoms with E-state index >= 15 is 0 Å². The molecule has 140 valence electrons. The molecule has 1 fully saturated rings. The molecule has 0 aliphatic carbocycles. The van der Waals surface area contributed by atoms with E-state index in [1.807, 2.05) is 13.8 Å². The summed E-state index contributed by atoms with van der Waals surface area (Å²) in [6, 6.07) is 7.71. The zero-order chi connectivity index (χ0) is 19.7. The van der Waals surface area contributed by atoms with Crippen LogP contribution in [-0.4, -0.2) is 33.2 Å². The largest absolute Gasteiger partial charge is 0.478 e. The molecule has 1 aromatic heterocycles. The van der Waals surface area contributed by atoms with Crippen LogP contribution in [0.4, 0.5) is 4.79 Å². The number of rotatable bonds is 5. The molecule has 0 bridgehead atoms. The first-order valence-corrected chi connectivity index (χ1v) is 9.41. The SMILES string of the molecule is CC[C@H](C)N1C(=O)S/C(=C\c2ccc(-c3ccc(Cl)c(C(=O)O)c3)o2)C1=O. The number of imide groups is 1. The van der Waals surface area contributed by atoms with Gasteiger partial charge in [0, 0.05) is 17.7 Å². The van der Waals surface area contributed by atoms with Crippen molar-refractivity contribution < 1.29 is 23.9 Å². The van der Waals surface area contributed by atoms with Crippen LogP contribution in [0.1, 0.15) is 36.4 Å². The standard InChI is InChI=1S/C19H16ClNO5S/c1-3-10(2)21-17(22)16(27-19(21)25)9-12-5-7-15(26-12)11-4-6-14(20)13(8-11)18(23)24/h4-10H,3H2,1-2H3,(H,23,24)/b16-9-/t10-/m0/s1. The molecule has 0 spiro atoms. The molecule has 3 rings (SSSR count). The normalized spacial score (nSPS) is 17.0. The van der Waals surface area contributed by atoms with Gasteiger partial charge in [0.05, 0.1) is 15.5 Å². The van der Waals surface area contributed by atoms with Gasteiger partial charge in [-0.2, -0.15) is 0 Å². The van der Waals surface area contributed by atoms with Crippen LogP contribution >= 0.6 is 23.4 Å². The van der Waals surface area contributed by atoms with E-state index in [4.69, 9.17) is 16.0 Å². The Morgan fingerprint density at radius 3 is 2.74 bits per heavy atom. The molecule has 8 heteroatoms. The van der Waals surface area contributed by atoms with Gasteiger partial charge in [0.15, 0.2) is 0 Å². The van der Waals surface area contributed by atoms with E-state index in [9.17, 15) is 19.5 Å². The summed E-state index contributed by atoms with van der Waals surface area (Å²) in [6.07, 6.45) is 2.20. The molecule has 2 aromatic rings. The molecule has 2 heterocycles. The molecule has 1 aromatic carbocycles. The topological polar surface area (TPSA) is 87.8 Å². The first kappa shape index (κ1) is 19.3. The van der Waals surface area contributed by atoms with Crippen molar-refractivity contribution in [2.75, 3.05) is 0 Å². The van der Waals surface area contributed by atoms with Gasteiger partial charge in [-0.3, -0.25) is 14.5 Å². The second-order valence-corrected chi connectivity index (χ2v) is 7.41. The van der Waals surface area contributed by atoms with E-state index in [2.05, 4.69) is 0 Å². The number of amides is 2. The fraction of sp³-hybridized carbons (Fsp3) is 0.211. The lowest BCUT2D eigenvalue weighted by molar-refractivity contribution is -0.124. The average molecular weight is 406 g/mol. The van der Waals surface area contributed by atoms with Crippen molar-refractivity contribution in [3.8, 4) is 11.3 Å². The molecule has 0 radical (unpaired) electrons. The Balaban J connectivity index is 1.88. The minimum atomic E-state index is -1.13. The third kappa shape index (κ3) is 3.79. The van der Waals surface area contributed by atoms with Crippen molar-refractivity contribution in [2.45, 2.75) is 26.3 Å². The summed E-state index contributed by atoms with van der Waals surface area (Å²) in [5.74, 6) is -0.641. The monoisotopic (exact) mass is 405 g/mol. The number of carbonyl (C=O) groups excluding carboxylic acids is 2. The van der Waals surface area contributed by atoms with Gasteiger partial charge in [0.2, 0.25) is 0 Å². The number of hydrogen-bond donors (Lipinski definition) is 1. The number of carboxylic acid groups (broad SMARTS) is 1. The Kier molecular flexibility index (Phi) is 5.43. The lowest BCUT2D eigenvalue weighted by atomic mass is 10.1. The maximum Gasteiger partial charge on any atom is 0.337 e. The number of nitrogens with zero attached hydrogens (tertiary/aromatic N) is 1. The number of hydrogen-bond acceptors (Lipinski definition) is 5. The van der Waals surface area contributed by atoms with Crippen LogP contribution in [0.25, 0.3) is 17.4 Å². The molecule has 1 aliphatic heterocycles. The molecular formula is C19H16ClNO5S. The molecule has 27 heavy (non-hydrogen) atoms. The number of carboxylic acids is 1. The predicted octanol–water partition coefficient (Wildman–Crippen LogP) is 5.13. The highest BCUT2D eigenvalue weighted by Crippen LogP contribution is 2.35. The van der Waals surface area contributed by atoms with Crippen molar-refractivity contribution in [1.29, 1.82) is 0 Å². The zero-order valence-electron chi connectivity index (χ0n) is 14.6. The lowest BCUT2D eigenvalue weighted by Gasteiger charge is -2.19. The van der Waals surface area contributed by atoms with Gasteiger partial charge in [0.25, 0.3) is 11.1 Å². The fourth-order valence-electron chi connectivity index (χ4n) is 2.60. The molecule has 0 unspecified atom stereocenters. The second kappa shape index (κ2) is 7.62. The number of benzene rings is 1. The Morgan fingerprint density at radius 1 is 1.33 bits per heavy atom. The highest BCUT2D eigenvalue weighted by Gasteiger charge is 2.37. The van der Waals surface area contributed by atoms with Crippen LogP contribution < -0.4 is 0 Å². The van der Waals surface area contributed by atoms with Crippen LogP contribution in [0, 0.1) is 0 Å². The van der Waals surface area contributed by atoms with Gasteiger partial charge in [0.1, 0.15) is 11.5 Å². The van der Waals surface area contributed by atoms with Gasteiger partial charge in [-0.1, -0.05) is 18.5 Å². The van der Waals surface area contributed by atoms with Crippen molar-refractivity contribution in [3.63, 3.8) is 0 Å². The van der Waals surface area contributed by atoms with Gasteiger partial charge in [-0.15, -0.1) is 0 Å². The minimum Gasteiger partial charge on any atom is -0.478 e. The van der Waals surface area contributed by atoms with Gasteiger partial charge in [-0.05, 0) is 55.4 Å². The smallest absolute Gasteiger partial charge is 0.337 e. The Labute approximate surface area is 164 Å². The molecule has 1 saturated heterocycles. The van der Waals surface area contributed by atoms with E-state index in [0.717, 1.165) is 11.8 Å². The fourth-order valence-corrected chi connectivity index (χ4v) is 3.71. The van der Waals surface area contributed by atoms with Crippen LogP contribution in [0.2, 0.25) is 5.02 Å². The van der Waals surface area contributed by atoms with E-state index < -0.39 is 5.97 Å². The van der Waals surface area contributed by atoms with Gasteiger partial charge in [-0.25, -0.2) is 4.79 Å². The predicted molar refractivity (Wildman–Crippen MR) is 104 cm³/mol. The maximum absolute atomic E-state index is 12.4. The summed E-state index contributed by atoms with van der Waals surface area (Å²) >= 11 is 6.76. The Morgan fingerprint density at radius 2 is 2.07 bits per heavy atom. The van der Waals surface area contributed by atoms with E-state index in [0.29, 0.717) is 28.4 Å². The van der Waals surface area contributed by atoms with Crippen LogP contribution in [-0.2, 0) is 4.79 Å². The van der Waals surface area contributed by atoms with E-state index in [1.54, 1.807) is 18.2 Å². The van der Waals surface area contributed by atoms with Crippen molar-refractivity contribution in [3.05, 3.63) is 51.6 Å². The number of carbonyl (C=O) groups is 3. The molecule has 2 amide bonds. The van der Waals surface area contributed by atoms with Crippen molar-refractivity contribution in [2.24, 2.45) is 0 Å². The molecule has 1 atom stereocenters. The summed E-state index contributed by atoms with van der Waals surface area (Å²) in [4.78, 5) is 37.3. The van der Waals surface area contributed by atoms with Crippen LogP contribution in [0.3, 0.4) is 0 Å². The van der Waals surface area contributed by atoms with Crippen molar-refractivity contribution >= 4 is 46.6 Å². The maximum atomic E-state index is 12.4. The number of thioether (sulfide) groups is 1. The van der Waals surface area contributed by atoms with Gasteiger partial charge < -0.3 is 9.52 Å². The Bertz CT molecular complexity index is 965. The molecule has 1 N–H and O–H groups in total. The first-order chi connectivity index (χ1) is 12.8. The summed E-state index contributed by atoms with van der Waals surface area (Å²) in [6.45, 7) is 3.73. The second-order valence-electron chi connectivity index (χ2n) is 6.01. The summed E-state index contributed by atoms with van der Waals surface area (Å²) in [7, 11) is 0. The Hall–Kier alpha value is -2.51. The van der Waals surface area contributed by atoms with Crippen LogP contribution in [0.5, 0.6) is 0 Å². The lowest BCUT2D eigenvalue weighted by Crippen LogP contribution is -2.36. The van der Waals surface area contributed by atoms with E-state index in [1.165, 1.54) is 23.1 Å². The minimum absolute atomic E-state index is 0.0261. The van der Waals surface area contributed by atoms with Crippen molar-refractivity contribution in [1.82, 2.24) is 4.90 Å². The third-order valence-corrected chi connectivity index (χ3v) is 5.45. The summed E-state index contributed by atoms with van der Waals surface area (Å²) in [5.41, 5.74) is 0.519. The van der Waals surface area contributed by atoms with Gasteiger partial charge >= 0.3 is 5.97 Å². The average Bonchev–Trinajstić information content (AvgIpc) is 3.19. The van der Waals surface area contributed by atoms with Crippen LogP contribution in [0.15, 0.2) is 39.7 Å². The first-order valence-electron chi connectivity index (χ1n) is 8.22. The number of furan rings is 1. The molecule has 0 saturated carbocycles. The molecule has 1 aliphatic rings. The highest BCUT2D eigenvalue weighted by molar-refractivity contribution is 8.18. The quantitative estimate of drug-likeness (QED) is 0.693. The molecular weight excluding hydrogens is 390 g/mol. The highest BCUT2D eigenvalue weighted by atomic mass is 35.5. The number of aromatic carboxylic acids is 1. The number of halogens is 1. The molecule has 6 nitrogen and oxygen atoms in total. The van der Waals surface area contributed by atoms with E-state index in [-0.39, 0.29) is 27.8 Å². The summed E-state index contributed by atoms with van der Waals surface area (Å²) < 4.78 is 5.70. The zero-order valence-corrected chi connectivity index (χ0v) is 16.1.